The maximum absolute atomic E-state index is 13.2. The lowest BCUT2D eigenvalue weighted by Crippen LogP contribution is -2.50. The third kappa shape index (κ3) is 8.40. The highest BCUT2D eigenvalue weighted by Gasteiger charge is 2.28. The topological polar surface area (TPSA) is 49.4 Å². The van der Waals surface area contributed by atoms with Gasteiger partial charge in [-0.3, -0.25) is 9.59 Å². The lowest BCUT2D eigenvalue weighted by atomic mass is 10.1. The normalized spacial score (nSPS) is 11.9. The summed E-state index contributed by atoms with van der Waals surface area (Å²) in [4.78, 5) is 27.7. The summed E-state index contributed by atoms with van der Waals surface area (Å²) >= 11 is 13.7. The molecule has 7 heteroatoms. The fourth-order valence-electron chi connectivity index (χ4n) is 3.09. The first kappa shape index (κ1) is 25.6. The lowest BCUT2D eigenvalue weighted by molar-refractivity contribution is -0.139. The quantitative estimate of drug-likeness (QED) is 0.441. The molecule has 0 aliphatic heterocycles. The Labute approximate surface area is 199 Å². The number of thioether (sulfide) groups is 1. The summed E-state index contributed by atoms with van der Waals surface area (Å²) in [5.74, 6) is 1.04. The highest BCUT2D eigenvalue weighted by molar-refractivity contribution is 7.99. The van der Waals surface area contributed by atoms with Gasteiger partial charge in [-0.15, -0.1) is 11.8 Å². The minimum Gasteiger partial charge on any atom is -0.354 e. The van der Waals surface area contributed by atoms with Gasteiger partial charge in [0.2, 0.25) is 11.8 Å². The standard InChI is InChI=1S/C24H30Cl2N2O2S/c1-4-22(24(30)27-13-17(2)3)28(14-18-8-6-5-7-9-18)23(29)16-31-15-19-10-11-20(25)12-21(19)26/h5-12,17,22H,4,13-16H2,1-3H3,(H,27,30). The van der Waals surface area contributed by atoms with Crippen LogP contribution in [0.3, 0.4) is 0 Å². The summed E-state index contributed by atoms with van der Waals surface area (Å²) in [5, 5.41) is 4.16. The van der Waals surface area contributed by atoms with Gasteiger partial charge < -0.3 is 10.2 Å². The van der Waals surface area contributed by atoms with Crippen LogP contribution in [-0.4, -0.2) is 35.1 Å². The van der Waals surface area contributed by atoms with Crippen LogP contribution in [0.1, 0.15) is 38.3 Å². The zero-order valence-corrected chi connectivity index (χ0v) is 20.6. The first-order chi connectivity index (χ1) is 14.8. The molecule has 2 aromatic carbocycles. The lowest BCUT2D eigenvalue weighted by Gasteiger charge is -2.31. The third-order valence-electron chi connectivity index (χ3n) is 4.76. The highest BCUT2D eigenvalue weighted by atomic mass is 35.5. The van der Waals surface area contributed by atoms with Gasteiger partial charge in [0, 0.05) is 28.9 Å². The Morgan fingerprint density at radius 2 is 1.81 bits per heavy atom. The molecule has 1 unspecified atom stereocenters. The van der Waals surface area contributed by atoms with Crippen molar-refractivity contribution in [3.8, 4) is 0 Å². The number of benzene rings is 2. The molecule has 0 aromatic heterocycles. The Morgan fingerprint density at radius 3 is 2.42 bits per heavy atom. The second-order valence-corrected chi connectivity index (χ2v) is 9.63. The Balaban J connectivity index is 2.10. The molecule has 1 atom stereocenters. The summed E-state index contributed by atoms with van der Waals surface area (Å²) in [7, 11) is 0. The molecule has 2 rings (SSSR count). The monoisotopic (exact) mass is 480 g/mol. The van der Waals surface area contributed by atoms with E-state index in [1.165, 1.54) is 11.8 Å². The first-order valence-corrected chi connectivity index (χ1v) is 12.4. The number of carbonyl (C=O) groups is 2. The molecule has 2 aromatic rings. The first-order valence-electron chi connectivity index (χ1n) is 10.4. The van der Waals surface area contributed by atoms with E-state index in [1.807, 2.05) is 57.2 Å². The maximum Gasteiger partial charge on any atom is 0.242 e. The van der Waals surface area contributed by atoms with Crippen molar-refractivity contribution in [2.75, 3.05) is 12.3 Å². The second-order valence-electron chi connectivity index (χ2n) is 7.80. The summed E-state index contributed by atoms with van der Waals surface area (Å²) in [6.07, 6.45) is 0.552. The number of nitrogens with zero attached hydrogens (tertiary/aromatic N) is 1. The number of nitrogens with one attached hydrogen (secondary N) is 1. The van der Waals surface area contributed by atoms with Gasteiger partial charge in [-0.05, 0) is 35.6 Å². The minimum atomic E-state index is -0.508. The number of hydrogen-bond acceptors (Lipinski definition) is 3. The smallest absolute Gasteiger partial charge is 0.242 e. The van der Waals surface area contributed by atoms with Crippen LogP contribution in [0.2, 0.25) is 10.0 Å². The van der Waals surface area contributed by atoms with E-state index in [2.05, 4.69) is 5.32 Å². The van der Waals surface area contributed by atoms with Crippen molar-refractivity contribution in [1.29, 1.82) is 0 Å². The zero-order chi connectivity index (χ0) is 22.8. The number of hydrogen-bond donors (Lipinski definition) is 1. The van der Waals surface area contributed by atoms with Crippen molar-refractivity contribution < 1.29 is 9.59 Å². The summed E-state index contributed by atoms with van der Waals surface area (Å²) < 4.78 is 0. The zero-order valence-electron chi connectivity index (χ0n) is 18.2. The van der Waals surface area contributed by atoms with Crippen LogP contribution in [0.5, 0.6) is 0 Å². The van der Waals surface area contributed by atoms with Crippen LogP contribution in [-0.2, 0) is 21.9 Å². The van der Waals surface area contributed by atoms with Crippen molar-refractivity contribution in [1.82, 2.24) is 10.2 Å². The van der Waals surface area contributed by atoms with Crippen molar-refractivity contribution in [2.45, 2.75) is 45.5 Å². The average molecular weight is 481 g/mol. The van der Waals surface area contributed by atoms with E-state index in [0.717, 1.165) is 11.1 Å². The van der Waals surface area contributed by atoms with E-state index in [0.29, 0.717) is 41.2 Å². The molecule has 0 fully saturated rings. The molecule has 0 saturated carbocycles. The number of carbonyl (C=O) groups excluding carboxylic acids is 2. The van der Waals surface area contributed by atoms with Gasteiger partial charge >= 0.3 is 0 Å². The summed E-state index contributed by atoms with van der Waals surface area (Å²) in [6.45, 7) is 7.02. The summed E-state index contributed by atoms with van der Waals surface area (Å²) in [5.41, 5.74) is 1.93. The average Bonchev–Trinajstić information content (AvgIpc) is 2.74. The second kappa shape index (κ2) is 13.0. The van der Waals surface area contributed by atoms with E-state index in [-0.39, 0.29) is 17.6 Å². The van der Waals surface area contributed by atoms with Crippen molar-refractivity contribution in [2.24, 2.45) is 5.92 Å². The molecule has 0 aliphatic rings. The fourth-order valence-corrected chi connectivity index (χ4v) is 4.56. The molecule has 168 valence electrons. The molecule has 4 nitrogen and oxygen atoms in total. The Hall–Kier alpha value is -1.69. The highest BCUT2D eigenvalue weighted by Crippen LogP contribution is 2.25. The van der Waals surface area contributed by atoms with Crippen LogP contribution in [0.15, 0.2) is 48.5 Å². The summed E-state index contributed by atoms with van der Waals surface area (Å²) in [6, 6.07) is 14.6. The fraction of sp³-hybridized carbons (Fsp3) is 0.417. The van der Waals surface area contributed by atoms with Crippen molar-refractivity contribution in [3.63, 3.8) is 0 Å². The van der Waals surface area contributed by atoms with E-state index in [9.17, 15) is 9.59 Å². The Bertz CT molecular complexity index is 862. The third-order valence-corrected chi connectivity index (χ3v) is 6.32. The Morgan fingerprint density at radius 1 is 1.10 bits per heavy atom. The molecule has 0 radical (unpaired) electrons. The van der Waals surface area contributed by atoms with Crippen LogP contribution >= 0.6 is 35.0 Å². The van der Waals surface area contributed by atoms with Crippen LogP contribution in [0.25, 0.3) is 0 Å². The molecule has 31 heavy (non-hydrogen) atoms. The number of rotatable bonds is 11. The van der Waals surface area contributed by atoms with Gasteiger partial charge in [-0.2, -0.15) is 0 Å². The molecular weight excluding hydrogens is 451 g/mol. The van der Waals surface area contributed by atoms with Crippen molar-refractivity contribution in [3.05, 3.63) is 69.7 Å². The molecule has 0 heterocycles. The molecule has 0 bridgehead atoms. The van der Waals surface area contributed by atoms with Gasteiger partial charge in [-0.25, -0.2) is 0 Å². The van der Waals surface area contributed by atoms with Gasteiger partial charge in [0.1, 0.15) is 6.04 Å². The van der Waals surface area contributed by atoms with E-state index < -0.39 is 6.04 Å². The van der Waals surface area contributed by atoms with Crippen molar-refractivity contribution >= 4 is 46.8 Å². The molecule has 0 aliphatic carbocycles. The molecule has 1 N–H and O–H groups in total. The van der Waals surface area contributed by atoms with E-state index in [4.69, 9.17) is 23.2 Å². The van der Waals surface area contributed by atoms with Crippen LogP contribution in [0, 0.1) is 5.92 Å². The maximum atomic E-state index is 13.2. The largest absolute Gasteiger partial charge is 0.354 e. The van der Waals surface area contributed by atoms with E-state index in [1.54, 1.807) is 17.0 Å². The Kier molecular flexibility index (Phi) is 10.7. The van der Waals surface area contributed by atoms with E-state index >= 15 is 0 Å². The van der Waals surface area contributed by atoms with Gasteiger partial charge in [0.15, 0.2) is 0 Å². The van der Waals surface area contributed by atoms with Crippen LogP contribution in [0.4, 0.5) is 0 Å². The number of amides is 2. The predicted molar refractivity (Wildman–Crippen MR) is 132 cm³/mol. The predicted octanol–water partition coefficient (Wildman–Crippen LogP) is 5.81. The SMILES string of the molecule is CCC(C(=O)NCC(C)C)N(Cc1ccccc1)C(=O)CSCc1ccc(Cl)cc1Cl. The molecule has 2 amide bonds. The molecule has 0 saturated heterocycles. The minimum absolute atomic E-state index is 0.0644. The van der Waals surface area contributed by atoms with Gasteiger partial charge in [0.25, 0.3) is 0 Å². The molecule has 0 spiro atoms. The molecular formula is C24H30Cl2N2O2S. The van der Waals surface area contributed by atoms with Crippen LogP contribution < -0.4 is 5.32 Å². The van der Waals surface area contributed by atoms with Gasteiger partial charge in [-0.1, -0.05) is 80.4 Å². The number of halogens is 2. The van der Waals surface area contributed by atoms with Gasteiger partial charge in [0.05, 0.1) is 5.75 Å².